The second-order valence-corrected chi connectivity index (χ2v) is 6.55. The van der Waals surface area contributed by atoms with Crippen LogP contribution in [-0.4, -0.2) is 46.5 Å². The minimum atomic E-state index is -0.0430. The van der Waals surface area contributed by atoms with Crippen LogP contribution in [0.3, 0.4) is 0 Å². The van der Waals surface area contributed by atoms with Gasteiger partial charge in [-0.1, -0.05) is 0 Å². The zero-order valence-corrected chi connectivity index (χ0v) is 13.7. The maximum atomic E-state index is 12.5. The largest absolute Gasteiger partial charge is 0.439 e. The van der Waals surface area contributed by atoms with Crippen molar-refractivity contribution < 1.29 is 9.53 Å². The molecule has 3 fully saturated rings. The van der Waals surface area contributed by atoms with Gasteiger partial charge >= 0.3 is 0 Å². The van der Waals surface area contributed by atoms with E-state index >= 15 is 0 Å². The third kappa shape index (κ3) is 3.35. The third-order valence-electron chi connectivity index (χ3n) is 4.98. The van der Waals surface area contributed by atoms with Gasteiger partial charge in [-0.25, -0.2) is 4.98 Å². The summed E-state index contributed by atoms with van der Waals surface area (Å²) in [5, 5.41) is 11.9. The molecule has 0 aliphatic carbocycles. The van der Waals surface area contributed by atoms with Gasteiger partial charge in [-0.15, -0.1) is 0 Å². The second kappa shape index (κ2) is 6.57. The van der Waals surface area contributed by atoms with Crippen LogP contribution in [0, 0.1) is 17.2 Å². The lowest BCUT2D eigenvalue weighted by atomic mass is 9.84. The fourth-order valence-electron chi connectivity index (χ4n) is 3.59. The van der Waals surface area contributed by atoms with Gasteiger partial charge in [0, 0.05) is 18.2 Å². The third-order valence-corrected chi connectivity index (χ3v) is 4.98. The van der Waals surface area contributed by atoms with Gasteiger partial charge in [0.25, 0.3) is 5.91 Å². The molecular formula is C18H19N5O2. The molecule has 0 spiro atoms. The van der Waals surface area contributed by atoms with E-state index in [0.29, 0.717) is 23.1 Å². The molecule has 1 aromatic carbocycles. The Morgan fingerprint density at radius 3 is 2.68 bits per heavy atom. The van der Waals surface area contributed by atoms with Gasteiger partial charge in [-0.05, 0) is 56.1 Å². The topological polar surface area (TPSA) is 94.0 Å². The number of hydrogen-bond donors (Lipinski definition) is 2. The number of imidazole rings is 1. The Bertz CT molecular complexity index is 800. The van der Waals surface area contributed by atoms with Crippen LogP contribution < -0.4 is 10.1 Å². The summed E-state index contributed by atoms with van der Waals surface area (Å²) in [4.78, 5) is 21.5. The first-order valence-corrected chi connectivity index (χ1v) is 8.47. The predicted molar refractivity (Wildman–Crippen MR) is 90.2 cm³/mol. The van der Waals surface area contributed by atoms with Crippen LogP contribution in [0.4, 0.5) is 0 Å². The van der Waals surface area contributed by atoms with E-state index in [4.69, 9.17) is 10.00 Å². The molecule has 4 heterocycles. The van der Waals surface area contributed by atoms with E-state index in [1.807, 2.05) is 6.07 Å². The molecule has 5 rings (SSSR count). The summed E-state index contributed by atoms with van der Waals surface area (Å²) in [7, 11) is 0. The van der Waals surface area contributed by atoms with Gasteiger partial charge in [-0.2, -0.15) is 5.26 Å². The van der Waals surface area contributed by atoms with E-state index in [1.54, 1.807) is 24.3 Å². The van der Waals surface area contributed by atoms with Gasteiger partial charge in [0.05, 0.1) is 6.20 Å². The Morgan fingerprint density at radius 2 is 2.08 bits per heavy atom. The molecule has 25 heavy (non-hydrogen) atoms. The number of carbonyl (C=O) groups is 1. The van der Waals surface area contributed by atoms with Crippen LogP contribution in [0.25, 0.3) is 0 Å². The van der Waals surface area contributed by atoms with Gasteiger partial charge in [0.1, 0.15) is 11.8 Å². The molecule has 2 aromatic rings. The number of hydrogen-bond acceptors (Lipinski definition) is 5. The van der Waals surface area contributed by atoms with Crippen molar-refractivity contribution in [3.8, 4) is 17.7 Å². The number of carbonyl (C=O) groups excluding carboxylic acids is 1. The number of rotatable bonds is 4. The maximum absolute atomic E-state index is 12.5. The molecule has 7 heteroatoms. The highest BCUT2D eigenvalue weighted by atomic mass is 16.5. The molecule has 2 N–H and O–H groups in total. The molecule has 0 radical (unpaired) electrons. The number of ether oxygens (including phenoxy) is 1. The van der Waals surface area contributed by atoms with Crippen molar-refractivity contribution in [2.24, 2.45) is 5.92 Å². The molecular weight excluding hydrogens is 318 g/mol. The fraction of sp³-hybridized carbons (Fsp3) is 0.389. The van der Waals surface area contributed by atoms with Crippen LogP contribution in [0.1, 0.15) is 29.0 Å². The molecule has 3 saturated heterocycles. The van der Waals surface area contributed by atoms with Crippen molar-refractivity contribution >= 4 is 5.91 Å². The zero-order chi connectivity index (χ0) is 17.2. The van der Waals surface area contributed by atoms with Gasteiger partial charge < -0.3 is 19.9 Å². The standard InChI is InChI=1S/C18H19N5O2/c19-9-16-20-10-17(22-16)25-14-3-1-13(2-4-14)18(24)21-15-11-23-7-5-12(15)6-8-23/h1-4,10,12,15H,5-8,11H2,(H,20,22)(H,21,24)/t15-/m0/s1. The molecule has 128 valence electrons. The minimum Gasteiger partial charge on any atom is -0.439 e. The summed E-state index contributed by atoms with van der Waals surface area (Å²) in [6, 6.07) is 9.11. The molecule has 1 atom stereocenters. The first-order valence-electron chi connectivity index (χ1n) is 8.47. The van der Waals surface area contributed by atoms with Crippen molar-refractivity contribution in [1.29, 1.82) is 5.26 Å². The Hall–Kier alpha value is -2.85. The molecule has 1 amide bonds. The van der Waals surface area contributed by atoms with Crippen molar-refractivity contribution in [3.05, 3.63) is 41.9 Å². The second-order valence-electron chi connectivity index (χ2n) is 6.55. The van der Waals surface area contributed by atoms with Crippen LogP contribution in [-0.2, 0) is 0 Å². The van der Waals surface area contributed by atoms with E-state index in [1.165, 1.54) is 19.0 Å². The maximum Gasteiger partial charge on any atom is 0.251 e. The van der Waals surface area contributed by atoms with Crippen molar-refractivity contribution in [3.63, 3.8) is 0 Å². The smallest absolute Gasteiger partial charge is 0.251 e. The van der Waals surface area contributed by atoms with Crippen LogP contribution in [0.5, 0.6) is 11.6 Å². The number of piperidine rings is 3. The van der Waals surface area contributed by atoms with Crippen LogP contribution in [0.2, 0.25) is 0 Å². The Balaban J connectivity index is 1.38. The molecule has 3 aliphatic rings. The average molecular weight is 337 g/mol. The van der Waals surface area contributed by atoms with Crippen LogP contribution in [0.15, 0.2) is 30.5 Å². The zero-order valence-electron chi connectivity index (χ0n) is 13.7. The van der Waals surface area contributed by atoms with E-state index < -0.39 is 0 Å². The first-order chi connectivity index (χ1) is 12.2. The molecule has 7 nitrogen and oxygen atoms in total. The van der Waals surface area contributed by atoms with Gasteiger partial charge in [-0.3, -0.25) is 4.79 Å². The molecule has 0 saturated carbocycles. The molecule has 2 bridgehead atoms. The summed E-state index contributed by atoms with van der Waals surface area (Å²) >= 11 is 0. The number of aromatic amines is 1. The highest BCUT2D eigenvalue weighted by Gasteiger charge is 2.34. The first kappa shape index (κ1) is 15.7. The predicted octanol–water partition coefficient (Wildman–Crippen LogP) is 1.90. The number of aromatic nitrogens is 2. The highest BCUT2D eigenvalue weighted by Crippen LogP contribution is 2.28. The monoisotopic (exact) mass is 337 g/mol. The fourth-order valence-corrected chi connectivity index (χ4v) is 3.59. The molecule has 1 aromatic heterocycles. The lowest BCUT2D eigenvalue weighted by Crippen LogP contribution is -2.57. The quantitative estimate of drug-likeness (QED) is 0.888. The number of fused-ring (bicyclic) bond motifs is 3. The van der Waals surface area contributed by atoms with Gasteiger partial charge in [0.15, 0.2) is 0 Å². The normalized spacial score (nSPS) is 24.5. The number of nitrogens with zero attached hydrogens (tertiary/aromatic N) is 3. The van der Waals surface area contributed by atoms with E-state index in [9.17, 15) is 4.79 Å². The number of nitriles is 1. The van der Waals surface area contributed by atoms with Crippen molar-refractivity contribution in [2.75, 3.05) is 19.6 Å². The Kier molecular flexibility index (Phi) is 4.12. The summed E-state index contributed by atoms with van der Waals surface area (Å²) in [5.74, 6) is 1.72. The number of nitrogens with one attached hydrogen (secondary N) is 2. The Morgan fingerprint density at radius 1 is 1.32 bits per heavy atom. The van der Waals surface area contributed by atoms with Gasteiger partial charge in [0.2, 0.25) is 11.7 Å². The van der Waals surface area contributed by atoms with E-state index in [0.717, 1.165) is 19.6 Å². The number of amides is 1. The van der Waals surface area contributed by atoms with Crippen LogP contribution >= 0.6 is 0 Å². The van der Waals surface area contributed by atoms with E-state index in [-0.39, 0.29) is 17.8 Å². The summed E-state index contributed by atoms with van der Waals surface area (Å²) in [6.07, 6.45) is 3.80. The Labute approximate surface area is 145 Å². The lowest BCUT2D eigenvalue weighted by molar-refractivity contribution is 0.0620. The summed E-state index contributed by atoms with van der Waals surface area (Å²) in [6.45, 7) is 3.27. The average Bonchev–Trinajstić information content (AvgIpc) is 3.11. The highest BCUT2D eigenvalue weighted by molar-refractivity contribution is 5.94. The lowest BCUT2D eigenvalue weighted by Gasteiger charge is -2.44. The number of benzene rings is 1. The van der Waals surface area contributed by atoms with E-state index in [2.05, 4.69) is 20.2 Å². The van der Waals surface area contributed by atoms with Crippen molar-refractivity contribution in [2.45, 2.75) is 18.9 Å². The summed E-state index contributed by atoms with van der Waals surface area (Å²) in [5.41, 5.74) is 0.617. The number of H-pyrrole nitrogens is 1. The SMILES string of the molecule is N#Cc1ncc(Oc2ccc(C(=O)N[C@H]3CN4CCC3CC4)cc2)[nH]1. The summed E-state index contributed by atoms with van der Waals surface area (Å²) < 4.78 is 5.58. The van der Waals surface area contributed by atoms with Crippen molar-refractivity contribution in [1.82, 2.24) is 20.2 Å². The minimum absolute atomic E-state index is 0.0430. The molecule has 0 unspecified atom stereocenters. The molecule has 3 aliphatic heterocycles.